The highest BCUT2D eigenvalue weighted by Crippen LogP contribution is 2.51. The summed E-state index contributed by atoms with van der Waals surface area (Å²) in [7, 11) is 0. The largest absolute Gasteiger partial charge is 0.454 e. The van der Waals surface area contributed by atoms with Gasteiger partial charge in [-0.25, -0.2) is 0 Å². The van der Waals surface area contributed by atoms with Crippen molar-refractivity contribution in [3.05, 3.63) is 47.5 Å². The molecule has 3 aliphatic rings. The van der Waals surface area contributed by atoms with Gasteiger partial charge in [-0.2, -0.15) is 0 Å². The minimum Gasteiger partial charge on any atom is -0.454 e. The van der Waals surface area contributed by atoms with Crippen LogP contribution >= 0.6 is 0 Å². The molecule has 0 amide bonds. The van der Waals surface area contributed by atoms with Gasteiger partial charge in [-0.1, -0.05) is 19.1 Å². The molecule has 1 fully saturated rings. The van der Waals surface area contributed by atoms with Gasteiger partial charge in [-0.3, -0.25) is 0 Å². The molecule has 4 atom stereocenters. The molecule has 1 saturated heterocycles. The van der Waals surface area contributed by atoms with Gasteiger partial charge in [0, 0.05) is 12.5 Å². The first-order chi connectivity index (χ1) is 12.7. The Morgan fingerprint density at radius 2 is 1.35 bits per heavy atom. The first-order valence-corrected chi connectivity index (χ1v) is 8.80. The molecule has 6 heteroatoms. The van der Waals surface area contributed by atoms with Crippen LogP contribution in [0.1, 0.15) is 30.3 Å². The predicted octanol–water partition coefficient (Wildman–Crippen LogP) is 3.20. The van der Waals surface area contributed by atoms with E-state index in [9.17, 15) is 5.11 Å². The van der Waals surface area contributed by atoms with Gasteiger partial charge in [-0.15, -0.1) is 0 Å². The second-order valence-electron chi connectivity index (χ2n) is 6.91. The summed E-state index contributed by atoms with van der Waals surface area (Å²) in [4.78, 5) is 0. The lowest BCUT2D eigenvalue weighted by molar-refractivity contribution is 0.0220. The summed E-state index contributed by atoms with van der Waals surface area (Å²) in [5.74, 6) is 3.10. The van der Waals surface area contributed by atoms with E-state index in [2.05, 4.69) is 6.92 Å². The monoisotopic (exact) mass is 356 g/mol. The summed E-state index contributed by atoms with van der Waals surface area (Å²) < 4.78 is 28.2. The normalized spacial score (nSPS) is 28.5. The van der Waals surface area contributed by atoms with Crippen molar-refractivity contribution in [1.82, 2.24) is 0 Å². The number of rotatable bonds is 3. The van der Waals surface area contributed by atoms with Gasteiger partial charge in [0.05, 0.1) is 12.2 Å². The lowest BCUT2D eigenvalue weighted by atomic mass is 9.84. The van der Waals surface area contributed by atoms with Gasteiger partial charge in [0.25, 0.3) is 0 Å². The molecule has 3 heterocycles. The second-order valence-corrected chi connectivity index (χ2v) is 6.91. The van der Waals surface area contributed by atoms with Gasteiger partial charge in [-0.05, 0) is 41.3 Å². The Labute approximate surface area is 151 Å². The average molecular weight is 356 g/mol. The van der Waals surface area contributed by atoms with Gasteiger partial charge in [0.1, 0.15) is 0 Å². The van der Waals surface area contributed by atoms with Crippen molar-refractivity contribution in [1.29, 1.82) is 0 Å². The van der Waals surface area contributed by atoms with Crippen LogP contribution in [0.25, 0.3) is 0 Å². The summed E-state index contributed by atoms with van der Waals surface area (Å²) in [5.41, 5.74) is 2.02. The summed E-state index contributed by atoms with van der Waals surface area (Å²) in [5, 5.41) is 10.0. The molecule has 0 bridgehead atoms. The molecule has 2 aromatic rings. The highest BCUT2D eigenvalue weighted by molar-refractivity contribution is 5.47. The molecule has 136 valence electrons. The highest BCUT2D eigenvalue weighted by atomic mass is 16.7. The van der Waals surface area contributed by atoms with E-state index in [0.29, 0.717) is 0 Å². The van der Waals surface area contributed by atoms with E-state index in [1.165, 1.54) is 0 Å². The maximum Gasteiger partial charge on any atom is 0.231 e. The van der Waals surface area contributed by atoms with Crippen LogP contribution in [-0.4, -0.2) is 25.3 Å². The Kier molecular flexibility index (Phi) is 3.69. The second kappa shape index (κ2) is 6.07. The van der Waals surface area contributed by atoms with Crippen LogP contribution in [0, 0.1) is 11.8 Å². The number of benzene rings is 2. The van der Waals surface area contributed by atoms with Gasteiger partial charge >= 0.3 is 0 Å². The van der Waals surface area contributed by atoms with Crippen molar-refractivity contribution in [3.8, 4) is 23.0 Å². The summed E-state index contributed by atoms with van der Waals surface area (Å²) in [6.07, 6.45) is -0.336. The average Bonchev–Trinajstić information content (AvgIpc) is 3.38. The summed E-state index contributed by atoms with van der Waals surface area (Å²) in [6, 6.07) is 11.7. The van der Waals surface area contributed by atoms with Crippen LogP contribution in [0.5, 0.6) is 23.0 Å². The van der Waals surface area contributed by atoms with Gasteiger partial charge < -0.3 is 28.8 Å². The minimum absolute atomic E-state index is 0.00852. The molecule has 1 N–H and O–H groups in total. The molecule has 0 aliphatic carbocycles. The molecule has 0 spiro atoms. The fourth-order valence-electron chi connectivity index (χ4n) is 4.03. The van der Waals surface area contributed by atoms with E-state index < -0.39 is 0 Å². The number of hydrogen-bond donors (Lipinski definition) is 1. The number of hydrogen-bond acceptors (Lipinski definition) is 6. The van der Waals surface area contributed by atoms with E-state index in [0.717, 1.165) is 34.1 Å². The fraction of sp³-hybridized carbons (Fsp3) is 0.400. The Morgan fingerprint density at radius 3 is 1.92 bits per heavy atom. The molecular weight excluding hydrogens is 336 g/mol. The Hall–Kier alpha value is -2.44. The summed E-state index contributed by atoms with van der Waals surface area (Å²) >= 11 is 0. The van der Waals surface area contributed by atoms with Crippen LogP contribution in [-0.2, 0) is 4.74 Å². The number of fused-ring (bicyclic) bond motifs is 2. The van der Waals surface area contributed by atoms with Crippen LogP contribution < -0.4 is 18.9 Å². The first kappa shape index (κ1) is 15.8. The van der Waals surface area contributed by atoms with Crippen molar-refractivity contribution >= 4 is 0 Å². The lowest BCUT2D eigenvalue weighted by Gasteiger charge is -2.19. The van der Waals surface area contributed by atoms with Crippen molar-refractivity contribution in [3.63, 3.8) is 0 Å². The lowest BCUT2D eigenvalue weighted by Crippen LogP contribution is -2.17. The maximum atomic E-state index is 10.0. The smallest absolute Gasteiger partial charge is 0.231 e. The molecule has 0 saturated carbocycles. The number of aliphatic hydroxyl groups excluding tert-OH is 1. The van der Waals surface area contributed by atoms with E-state index in [1.807, 2.05) is 36.4 Å². The van der Waals surface area contributed by atoms with Gasteiger partial charge in [0.2, 0.25) is 13.6 Å². The zero-order valence-corrected chi connectivity index (χ0v) is 14.4. The van der Waals surface area contributed by atoms with Crippen LogP contribution in [0.15, 0.2) is 36.4 Å². The third kappa shape index (κ3) is 2.40. The molecular formula is C20H20O6. The first-order valence-electron chi connectivity index (χ1n) is 8.80. The molecule has 26 heavy (non-hydrogen) atoms. The maximum absolute atomic E-state index is 10.0. The van der Waals surface area contributed by atoms with E-state index in [1.54, 1.807) is 0 Å². The molecule has 5 rings (SSSR count). The Morgan fingerprint density at radius 1 is 0.808 bits per heavy atom. The molecule has 0 unspecified atom stereocenters. The van der Waals surface area contributed by atoms with Crippen LogP contribution in [0.3, 0.4) is 0 Å². The van der Waals surface area contributed by atoms with Crippen LogP contribution in [0.4, 0.5) is 0 Å². The van der Waals surface area contributed by atoms with Crippen LogP contribution in [0.2, 0.25) is 0 Å². The Balaban J connectivity index is 1.46. The number of ether oxygens (including phenoxy) is 5. The van der Waals surface area contributed by atoms with E-state index in [-0.39, 0.29) is 44.2 Å². The zero-order valence-electron chi connectivity index (χ0n) is 14.4. The summed E-state index contributed by atoms with van der Waals surface area (Å²) in [6.45, 7) is 2.66. The third-order valence-electron chi connectivity index (χ3n) is 5.50. The standard InChI is InChI=1S/C20H20O6/c1-11-14(8-21)20(13-3-5-16-18(7-13)25-10-23-16)26-19(11)12-2-4-15-17(6-12)24-9-22-15/h2-7,11,14,19-21H,8-10H2,1H3/t11-,14-,19-,20+/m1/s1. The minimum atomic E-state index is -0.208. The molecule has 6 nitrogen and oxygen atoms in total. The van der Waals surface area contributed by atoms with Crippen molar-refractivity contribution in [2.45, 2.75) is 19.1 Å². The van der Waals surface area contributed by atoms with Crippen molar-refractivity contribution in [2.24, 2.45) is 11.8 Å². The fourth-order valence-corrected chi connectivity index (χ4v) is 4.03. The molecule has 0 aromatic heterocycles. The molecule has 0 radical (unpaired) electrons. The van der Waals surface area contributed by atoms with E-state index >= 15 is 0 Å². The molecule has 3 aliphatic heterocycles. The third-order valence-corrected chi connectivity index (χ3v) is 5.50. The number of aliphatic hydroxyl groups is 1. The Bertz CT molecular complexity index is 835. The van der Waals surface area contributed by atoms with Gasteiger partial charge in [0.15, 0.2) is 23.0 Å². The highest BCUT2D eigenvalue weighted by Gasteiger charge is 2.43. The SMILES string of the molecule is C[C@@H]1[C@@H](CO)[C@H](c2ccc3c(c2)OCO3)O[C@H]1c1ccc2c(c1)OCO2. The van der Waals surface area contributed by atoms with Crippen molar-refractivity contribution in [2.75, 3.05) is 20.2 Å². The quantitative estimate of drug-likeness (QED) is 0.911. The topological polar surface area (TPSA) is 66.4 Å². The van der Waals surface area contributed by atoms with E-state index in [4.69, 9.17) is 23.7 Å². The molecule has 2 aromatic carbocycles. The van der Waals surface area contributed by atoms with Crippen molar-refractivity contribution < 1.29 is 28.8 Å². The zero-order chi connectivity index (χ0) is 17.7. The predicted molar refractivity (Wildman–Crippen MR) is 91.4 cm³/mol.